The number of hydrogen-bond donors (Lipinski definition) is 0. The Kier molecular flexibility index (Phi) is 3.66. The third-order valence-corrected chi connectivity index (χ3v) is 3.85. The minimum absolute atomic E-state index is 0.0654. The lowest BCUT2D eigenvalue weighted by atomic mass is 10.4. The molecule has 0 aliphatic carbocycles. The van der Waals surface area contributed by atoms with E-state index in [2.05, 4.69) is 4.18 Å². The summed E-state index contributed by atoms with van der Waals surface area (Å²) in [6, 6.07) is 2.56. The summed E-state index contributed by atoms with van der Waals surface area (Å²) in [4.78, 5) is -0.271. The van der Waals surface area contributed by atoms with Crippen LogP contribution in [0.5, 0.6) is 0 Å². The van der Waals surface area contributed by atoms with Crippen molar-refractivity contribution in [3.63, 3.8) is 0 Å². The fourth-order valence-electron chi connectivity index (χ4n) is 0.851. The van der Waals surface area contributed by atoms with E-state index in [0.29, 0.717) is 0 Å². The van der Waals surface area contributed by atoms with E-state index in [9.17, 15) is 8.42 Å². The standard InChI is InChI=1S/C7H5Cl3O3S/c1-13-14(11,12)7-5(9)2-4(8)3-6(7)10/h2-3H,1H3. The molecule has 1 aromatic rings. The second kappa shape index (κ2) is 4.24. The van der Waals surface area contributed by atoms with Gasteiger partial charge in [0.2, 0.25) is 0 Å². The molecule has 0 saturated carbocycles. The molecule has 7 heteroatoms. The number of hydrogen-bond acceptors (Lipinski definition) is 3. The molecule has 0 spiro atoms. The van der Waals surface area contributed by atoms with Crippen LogP contribution in [0.1, 0.15) is 0 Å². The van der Waals surface area contributed by atoms with Gasteiger partial charge in [-0.1, -0.05) is 34.8 Å². The molecule has 0 bridgehead atoms. The quantitative estimate of drug-likeness (QED) is 0.779. The van der Waals surface area contributed by atoms with Gasteiger partial charge < -0.3 is 0 Å². The molecule has 14 heavy (non-hydrogen) atoms. The Morgan fingerprint density at radius 2 is 1.57 bits per heavy atom. The highest BCUT2D eigenvalue weighted by atomic mass is 35.5. The van der Waals surface area contributed by atoms with Crippen molar-refractivity contribution in [2.75, 3.05) is 7.11 Å². The molecule has 0 radical (unpaired) electrons. The van der Waals surface area contributed by atoms with Crippen LogP contribution in [0.3, 0.4) is 0 Å². The monoisotopic (exact) mass is 274 g/mol. The molecule has 3 nitrogen and oxygen atoms in total. The van der Waals surface area contributed by atoms with E-state index in [1.165, 1.54) is 12.1 Å². The number of halogens is 3. The highest BCUT2D eigenvalue weighted by Gasteiger charge is 2.21. The molecule has 1 aromatic carbocycles. The molecular formula is C7H5Cl3O3S. The third-order valence-electron chi connectivity index (χ3n) is 1.43. The predicted molar refractivity (Wildman–Crippen MR) is 55.7 cm³/mol. The van der Waals surface area contributed by atoms with Crippen LogP contribution in [0, 0.1) is 0 Å². The molecule has 0 heterocycles. The maximum absolute atomic E-state index is 11.3. The lowest BCUT2D eigenvalue weighted by molar-refractivity contribution is 0.398. The van der Waals surface area contributed by atoms with Crippen molar-refractivity contribution in [2.24, 2.45) is 0 Å². The van der Waals surface area contributed by atoms with Crippen molar-refractivity contribution in [2.45, 2.75) is 4.90 Å². The minimum Gasteiger partial charge on any atom is -0.270 e. The van der Waals surface area contributed by atoms with Gasteiger partial charge in [0, 0.05) is 5.02 Å². The van der Waals surface area contributed by atoms with Gasteiger partial charge in [-0.05, 0) is 12.1 Å². The Balaban J connectivity index is 3.51. The van der Waals surface area contributed by atoms with Crippen molar-refractivity contribution in [1.82, 2.24) is 0 Å². The lowest BCUT2D eigenvalue weighted by Crippen LogP contribution is -2.04. The van der Waals surface area contributed by atoms with Crippen molar-refractivity contribution < 1.29 is 12.6 Å². The molecule has 0 atom stereocenters. The van der Waals surface area contributed by atoms with E-state index in [1.54, 1.807) is 0 Å². The van der Waals surface area contributed by atoms with E-state index < -0.39 is 10.1 Å². The zero-order valence-corrected chi connectivity index (χ0v) is 10.0. The first kappa shape index (κ1) is 12.1. The molecule has 78 valence electrons. The molecule has 1 rings (SSSR count). The zero-order chi connectivity index (χ0) is 10.9. The summed E-state index contributed by atoms with van der Waals surface area (Å²) in [5.41, 5.74) is 0. The average molecular weight is 276 g/mol. The Bertz CT molecular complexity index is 432. The fraction of sp³-hybridized carbons (Fsp3) is 0.143. The summed E-state index contributed by atoms with van der Waals surface area (Å²) >= 11 is 17.0. The van der Waals surface area contributed by atoms with Crippen LogP contribution in [0.2, 0.25) is 15.1 Å². The zero-order valence-electron chi connectivity index (χ0n) is 6.92. The molecule has 0 aromatic heterocycles. The fourth-order valence-corrected chi connectivity index (χ4v) is 3.00. The van der Waals surface area contributed by atoms with E-state index in [4.69, 9.17) is 34.8 Å². The minimum atomic E-state index is -3.90. The van der Waals surface area contributed by atoms with Gasteiger partial charge in [-0.15, -0.1) is 0 Å². The average Bonchev–Trinajstić information content (AvgIpc) is 2.01. The molecule has 0 aliphatic heterocycles. The van der Waals surface area contributed by atoms with Crippen LogP contribution in [-0.4, -0.2) is 15.5 Å². The van der Waals surface area contributed by atoms with Gasteiger partial charge in [0.05, 0.1) is 17.2 Å². The molecule has 0 fully saturated rings. The van der Waals surface area contributed by atoms with Gasteiger partial charge in [-0.2, -0.15) is 8.42 Å². The highest BCUT2D eigenvalue weighted by molar-refractivity contribution is 7.87. The van der Waals surface area contributed by atoms with Gasteiger partial charge in [0.15, 0.2) is 0 Å². The summed E-state index contributed by atoms with van der Waals surface area (Å²) in [6.45, 7) is 0. The Labute approximate surface area is 96.7 Å². The molecule has 0 amide bonds. The first-order chi connectivity index (χ1) is 6.38. The van der Waals surface area contributed by atoms with E-state index >= 15 is 0 Å². The van der Waals surface area contributed by atoms with Crippen LogP contribution in [-0.2, 0) is 14.3 Å². The second-order valence-corrected chi connectivity index (χ2v) is 5.22. The van der Waals surface area contributed by atoms with Crippen molar-refractivity contribution in [1.29, 1.82) is 0 Å². The topological polar surface area (TPSA) is 43.4 Å². The third kappa shape index (κ3) is 2.32. The van der Waals surface area contributed by atoms with Crippen LogP contribution in [0.25, 0.3) is 0 Å². The Morgan fingerprint density at radius 3 is 1.93 bits per heavy atom. The second-order valence-electron chi connectivity index (χ2n) is 2.32. The van der Waals surface area contributed by atoms with Gasteiger partial charge in [0.1, 0.15) is 4.90 Å². The van der Waals surface area contributed by atoms with Crippen molar-refractivity contribution >= 4 is 44.9 Å². The smallest absolute Gasteiger partial charge is 0.270 e. The summed E-state index contributed by atoms with van der Waals surface area (Å²) in [7, 11) is -2.87. The summed E-state index contributed by atoms with van der Waals surface area (Å²) < 4.78 is 26.9. The van der Waals surface area contributed by atoms with Crippen LogP contribution in [0.15, 0.2) is 17.0 Å². The lowest BCUT2D eigenvalue weighted by Gasteiger charge is -2.06. The largest absolute Gasteiger partial charge is 0.299 e. The van der Waals surface area contributed by atoms with E-state index in [0.717, 1.165) is 7.11 Å². The maximum atomic E-state index is 11.3. The van der Waals surface area contributed by atoms with Gasteiger partial charge in [-0.25, -0.2) is 0 Å². The molecule has 0 saturated heterocycles. The van der Waals surface area contributed by atoms with Crippen LogP contribution >= 0.6 is 34.8 Å². The van der Waals surface area contributed by atoms with Crippen LogP contribution in [0.4, 0.5) is 0 Å². The van der Waals surface area contributed by atoms with E-state index in [-0.39, 0.29) is 20.0 Å². The van der Waals surface area contributed by atoms with E-state index in [1.807, 2.05) is 0 Å². The van der Waals surface area contributed by atoms with Gasteiger partial charge in [-0.3, -0.25) is 4.18 Å². The summed E-state index contributed by atoms with van der Waals surface area (Å²) in [5.74, 6) is 0. The SMILES string of the molecule is COS(=O)(=O)c1c(Cl)cc(Cl)cc1Cl. The van der Waals surface area contributed by atoms with Crippen molar-refractivity contribution in [3.05, 3.63) is 27.2 Å². The van der Waals surface area contributed by atoms with Crippen LogP contribution < -0.4 is 0 Å². The summed E-state index contributed by atoms with van der Waals surface area (Å²) in [5, 5.41) is 0.128. The predicted octanol–water partition coefficient (Wildman–Crippen LogP) is 2.98. The molecular weight excluding hydrogens is 270 g/mol. The normalized spacial score (nSPS) is 11.7. The molecule has 0 aliphatic rings. The maximum Gasteiger partial charge on any atom is 0.299 e. The number of rotatable bonds is 2. The first-order valence-electron chi connectivity index (χ1n) is 3.33. The molecule has 0 unspecified atom stereocenters. The number of benzene rings is 1. The Hall–Kier alpha value is -0.000000000000000111. The Morgan fingerprint density at radius 1 is 1.14 bits per heavy atom. The van der Waals surface area contributed by atoms with Gasteiger partial charge >= 0.3 is 0 Å². The first-order valence-corrected chi connectivity index (χ1v) is 5.88. The van der Waals surface area contributed by atoms with Gasteiger partial charge in [0.25, 0.3) is 10.1 Å². The molecule has 0 N–H and O–H groups in total. The van der Waals surface area contributed by atoms with Crippen molar-refractivity contribution in [3.8, 4) is 0 Å². The highest BCUT2D eigenvalue weighted by Crippen LogP contribution is 2.33. The summed E-state index contributed by atoms with van der Waals surface area (Å²) in [6.07, 6.45) is 0.